The number of fused-ring (bicyclic) bond motifs is 2. The summed E-state index contributed by atoms with van der Waals surface area (Å²) in [7, 11) is 8.21. The van der Waals surface area contributed by atoms with Gasteiger partial charge in [-0.1, -0.05) is 77.4 Å². The van der Waals surface area contributed by atoms with Gasteiger partial charge in [0, 0.05) is 58.9 Å². The van der Waals surface area contributed by atoms with Gasteiger partial charge in [-0.25, -0.2) is 4.58 Å². The molecule has 0 saturated carbocycles. The predicted molar refractivity (Wildman–Crippen MR) is 192 cm³/mol. The van der Waals surface area contributed by atoms with Crippen LogP contribution in [-0.4, -0.2) is 28.2 Å². The molecular formula is C40H48ClN2O2+. The average Bonchev–Trinajstić information content (AvgIpc) is 2.97. The van der Waals surface area contributed by atoms with Crippen molar-refractivity contribution in [2.75, 3.05) is 33.1 Å². The Bertz CT molecular complexity index is 1810. The zero-order valence-electron chi connectivity index (χ0n) is 28.6. The van der Waals surface area contributed by atoms with Crippen LogP contribution in [0.25, 0.3) is 23.0 Å². The third kappa shape index (κ3) is 7.23. The highest BCUT2D eigenvalue weighted by atomic mass is 35.5. The lowest BCUT2D eigenvalue weighted by molar-refractivity contribution is 0.291. The molecule has 2 heterocycles. The summed E-state index contributed by atoms with van der Waals surface area (Å²) in [4.78, 5) is 2.10. The number of hydrogen-bond donors (Lipinski definition) is 0. The Labute approximate surface area is 274 Å². The van der Waals surface area contributed by atoms with E-state index < -0.39 is 0 Å². The van der Waals surface area contributed by atoms with Crippen molar-refractivity contribution in [1.82, 2.24) is 4.58 Å². The fourth-order valence-corrected chi connectivity index (χ4v) is 5.88. The summed E-state index contributed by atoms with van der Waals surface area (Å²) >= 11 is 7.13. The van der Waals surface area contributed by atoms with E-state index in [2.05, 4.69) is 152 Å². The van der Waals surface area contributed by atoms with E-state index in [1.807, 2.05) is 0 Å². The highest BCUT2D eigenvalue weighted by Gasteiger charge is 2.26. The molecule has 0 unspecified atom stereocenters. The highest BCUT2D eigenvalue weighted by molar-refractivity contribution is 6.32. The van der Waals surface area contributed by atoms with Crippen molar-refractivity contribution in [1.29, 1.82) is 0 Å². The summed E-state index contributed by atoms with van der Waals surface area (Å²) in [5.74, 6) is 3.69. The average molecular weight is 624 g/mol. The second-order valence-electron chi connectivity index (χ2n) is 14.7. The zero-order chi connectivity index (χ0) is 32.7. The molecule has 2 aliphatic carbocycles. The first kappa shape index (κ1) is 32.6. The minimum Gasteiger partial charge on any atom is -0.460 e. The van der Waals surface area contributed by atoms with Crippen molar-refractivity contribution < 1.29 is 9.15 Å². The molecule has 1 aromatic carbocycles. The molecule has 4 aliphatic rings. The topological polar surface area (TPSA) is 28.6 Å². The number of ether oxygens (including phenoxy) is 1. The number of hydrogen-bond acceptors (Lipinski definition) is 3. The van der Waals surface area contributed by atoms with Gasteiger partial charge in [0.15, 0.2) is 0 Å². The van der Waals surface area contributed by atoms with Gasteiger partial charge in [-0.3, -0.25) is 0 Å². The maximum absolute atomic E-state index is 7.13. The van der Waals surface area contributed by atoms with Crippen LogP contribution in [0.3, 0.4) is 0 Å². The van der Waals surface area contributed by atoms with Crippen molar-refractivity contribution in [2.45, 2.75) is 66.2 Å². The van der Waals surface area contributed by atoms with Crippen LogP contribution in [0.4, 0.5) is 5.69 Å². The Morgan fingerprint density at radius 2 is 1.58 bits per heavy atom. The first-order chi connectivity index (χ1) is 21.1. The summed E-state index contributed by atoms with van der Waals surface area (Å²) in [6, 6.07) is 15.0. The summed E-state index contributed by atoms with van der Waals surface area (Å²) in [6.45, 7) is 13.1. The molecule has 0 N–H and O–H groups in total. The van der Waals surface area contributed by atoms with Gasteiger partial charge in [0.25, 0.3) is 0 Å². The number of halogens is 1. The maximum Gasteiger partial charge on any atom is 0.203 e. The monoisotopic (exact) mass is 623 g/mol. The molecule has 0 amide bonds. The highest BCUT2D eigenvalue weighted by Crippen LogP contribution is 2.42. The van der Waals surface area contributed by atoms with E-state index in [9.17, 15) is 0 Å². The quantitative estimate of drug-likeness (QED) is 0.271. The Balaban J connectivity index is 1.54. The molecule has 0 fully saturated rings. The molecule has 0 saturated heterocycles. The van der Waals surface area contributed by atoms with Crippen molar-refractivity contribution >= 4 is 28.9 Å². The molecule has 5 rings (SSSR count). The lowest BCUT2D eigenvalue weighted by Gasteiger charge is -2.29. The molecule has 236 valence electrons. The lowest BCUT2D eigenvalue weighted by Crippen LogP contribution is -2.21. The molecule has 5 heteroatoms. The Kier molecular flexibility index (Phi) is 9.11. The Hall–Kier alpha value is -3.76. The van der Waals surface area contributed by atoms with Gasteiger partial charge in [-0.05, 0) is 71.9 Å². The van der Waals surface area contributed by atoms with Crippen molar-refractivity contribution in [3.05, 3.63) is 111 Å². The largest absolute Gasteiger partial charge is 0.460 e. The molecule has 0 bridgehead atoms. The molecule has 0 aromatic heterocycles. The molecular weight excluding hydrogens is 576 g/mol. The molecule has 0 atom stereocenters. The van der Waals surface area contributed by atoms with Gasteiger partial charge in [0.05, 0.1) is 6.07 Å². The summed E-state index contributed by atoms with van der Waals surface area (Å²) in [6.07, 6.45) is 14.0. The van der Waals surface area contributed by atoms with Gasteiger partial charge in [-0.2, -0.15) is 0 Å². The van der Waals surface area contributed by atoms with E-state index in [4.69, 9.17) is 20.8 Å². The van der Waals surface area contributed by atoms with E-state index >= 15 is 0 Å². The van der Waals surface area contributed by atoms with Gasteiger partial charge >= 0.3 is 0 Å². The number of anilines is 1. The Morgan fingerprint density at radius 1 is 0.844 bits per heavy atom. The number of nitrogens with zero attached hydrogens (tertiary/aromatic N) is 2. The number of allylic oxidation sites excluding steroid dienone is 9. The normalized spacial score (nSPS) is 17.6. The zero-order valence-corrected chi connectivity index (χ0v) is 29.4. The number of benzene rings is 2. The van der Waals surface area contributed by atoms with Crippen LogP contribution in [0.1, 0.15) is 77.7 Å². The van der Waals surface area contributed by atoms with Crippen molar-refractivity contribution in [3.8, 4) is 17.1 Å². The van der Waals surface area contributed by atoms with E-state index in [0.717, 1.165) is 91.8 Å². The van der Waals surface area contributed by atoms with Crippen molar-refractivity contribution in [3.63, 3.8) is 0 Å². The fraction of sp³-hybridized carbons (Fsp3) is 0.375. The van der Waals surface area contributed by atoms with Gasteiger partial charge < -0.3 is 14.1 Å². The molecule has 0 radical (unpaired) electrons. The van der Waals surface area contributed by atoms with Gasteiger partial charge in [0.1, 0.15) is 37.1 Å². The first-order valence-corrected chi connectivity index (χ1v) is 16.3. The minimum absolute atomic E-state index is 0.117. The van der Waals surface area contributed by atoms with Crippen LogP contribution in [0.15, 0.2) is 93.1 Å². The summed E-state index contributed by atoms with van der Waals surface area (Å²) in [5, 5.41) is 1.96. The summed E-state index contributed by atoms with van der Waals surface area (Å²) in [5.41, 5.74) is 7.67. The third-order valence-corrected chi connectivity index (χ3v) is 8.95. The third-order valence-electron chi connectivity index (χ3n) is 8.46. The van der Waals surface area contributed by atoms with Crippen LogP contribution >= 0.6 is 11.6 Å². The van der Waals surface area contributed by atoms with E-state index in [1.54, 1.807) is 0 Å². The molecule has 1 aromatic rings. The second kappa shape index (κ2) is 12.6. The van der Waals surface area contributed by atoms with Gasteiger partial charge in [-0.15, -0.1) is 0 Å². The van der Waals surface area contributed by atoms with Crippen LogP contribution in [0, 0.1) is 5.41 Å². The van der Waals surface area contributed by atoms with Gasteiger partial charge in [0.2, 0.25) is 5.36 Å². The van der Waals surface area contributed by atoms with Crippen LogP contribution < -0.4 is 19.6 Å². The standard InChI is InChI=1S/C40H48ClN2O2/c1-39(2,3)36-22-28(32-20-18-30(42(7)8)24-34(32)44-36)16-14-26-12-11-13-27(38(26)41)15-17-29-23-37(40(4,5)6)45-35-25-31(43(9)10)19-21-33(29)35/h14-25H,11-13H2,1-10H3/q+1. The maximum atomic E-state index is 7.13. The van der Waals surface area contributed by atoms with Crippen LogP contribution in [0.2, 0.25) is 0 Å². The van der Waals surface area contributed by atoms with Crippen LogP contribution in [0.5, 0.6) is 5.75 Å². The van der Waals surface area contributed by atoms with Crippen LogP contribution in [-0.2, 0) is 5.41 Å². The first-order valence-electron chi connectivity index (χ1n) is 15.9. The fourth-order valence-electron chi connectivity index (χ4n) is 5.56. The van der Waals surface area contributed by atoms with Crippen molar-refractivity contribution in [2.24, 2.45) is 5.41 Å². The lowest BCUT2D eigenvalue weighted by atomic mass is 9.88. The second-order valence-corrected chi connectivity index (χ2v) is 15.0. The molecule has 2 aliphatic heterocycles. The summed E-state index contributed by atoms with van der Waals surface area (Å²) < 4.78 is 14.9. The molecule has 0 spiro atoms. The molecule has 45 heavy (non-hydrogen) atoms. The van der Waals surface area contributed by atoms with E-state index in [-0.39, 0.29) is 10.8 Å². The Morgan fingerprint density at radius 3 is 2.24 bits per heavy atom. The predicted octanol–water partition coefficient (Wildman–Crippen LogP) is 9.80. The molecule has 4 nitrogen and oxygen atoms in total. The minimum atomic E-state index is -0.117. The van der Waals surface area contributed by atoms with E-state index in [0.29, 0.717) is 0 Å². The van der Waals surface area contributed by atoms with E-state index in [1.165, 1.54) is 0 Å². The SMILES string of the molecule is CN(C)c1ccc2c(c1)OC(C(C)(C)C)=C/C2=C\C=C1/CCCC(/C=C/c2cc(C(C)(C)C)oc3cc(=[N+](C)C)ccc2-3)=C1Cl. The number of rotatable bonds is 4. The smallest absolute Gasteiger partial charge is 0.203 e.